The van der Waals surface area contributed by atoms with Gasteiger partial charge in [-0.15, -0.1) is 24.0 Å². The van der Waals surface area contributed by atoms with Crippen molar-refractivity contribution in [1.29, 1.82) is 0 Å². The number of aromatic nitrogens is 1. The zero-order valence-corrected chi connectivity index (χ0v) is 14.8. The third-order valence-electron chi connectivity index (χ3n) is 2.87. The molecule has 0 spiro atoms. The Morgan fingerprint density at radius 1 is 1.14 bits per heavy atom. The van der Waals surface area contributed by atoms with Crippen LogP contribution in [0.3, 0.4) is 0 Å². The number of hydrogen-bond acceptors (Lipinski definition) is 2. The van der Waals surface area contributed by atoms with Crippen molar-refractivity contribution in [2.75, 3.05) is 6.54 Å². The molecular formula is C16H20FIN4. The van der Waals surface area contributed by atoms with E-state index in [1.165, 1.54) is 6.07 Å². The van der Waals surface area contributed by atoms with Crippen LogP contribution in [0.15, 0.2) is 53.7 Å². The van der Waals surface area contributed by atoms with Gasteiger partial charge in [0.2, 0.25) is 0 Å². The predicted molar refractivity (Wildman–Crippen MR) is 97.7 cm³/mol. The quantitative estimate of drug-likeness (QED) is 0.449. The van der Waals surface area contributed by atoms with Crippen LogP contribution in [0.4, 0.5) is 4.39 Å². The van der Waals surface area contributed by atoms with Crippen LogP contribution in [-0.4, -0.2) is 17.5 Å². The first-order valence-corrected chi connectivity index (χ1v) is 6.95. The third-order valence-corrected chi connectivity index (χ3v) is 2.87. The second kappa shape index (κ2) is 10.1. The summed E-state index contributed by atoms with van der Waals surface area (Å²) in [7, 11) is 0. The molecule has 4 nitrogen and oxygen atoms in total. The molecule has 6 heteroatoms. The summed E-state index contributed by atoms with van der Waals surface area (Å²) in [6.45, 7) is 3.60. The van der Waals surface area contributed by atoms with Gasteiger partial charge in [-0.1, -0.05) is 24.3 Å². The van der Waals surface area contributed by atoms with E-state index in [1.807, 2.05) is 31.2 Å². The predicted octanol–water partition coefficient (Wildman–Crippen LogP) is 3.09. The number of guanidine groups is 1. The highest BCUT2D eigenvalue weighted by molar-refractivity contribution is 14.0. The summed E-state index contributed by atoms with van der Waals surface area (Å²) in [5.74, 6) is 0.410. The molecule has 0 saturated carbocycles. The zero-order valence-electron chi connectivity index (χ0n) is 12.4. The normalized spacial score (nSPS) is 10.7. The summed E-state index contributed by atoms with van der Waals surface area (Å²) in [5.41, 5.74) is 1.50. The second-order valence-electron chi connectivity index (χ2n) is 4.46. The molecule has 0 bridgehead atoms. The molecule has 0 saturated heterocycles. The van der Waals surface area contributed by atoms with Crippen molar-refractivity contribution < 1.29 is 4.39 Å². The molecule has 2 rings (SSSR count). The van der Waals surface area contributed by atoms with Crippen LogP contribution in [0.1, 0.15) is 18.2 Å². The monoisotopic (exact) mass is 414 g/mol. The van der Waals surface area contributed by atoms with Gasteiger partial charge in [0.1, 0.15) is 5.82 Å². The van der Waals surface area contributed by atoms with E-state index in [0.717, 1.165) is 12.2 Å². The van der Waals surface area contributed by atoms with E-state index in [-0.39, 0.29) is 29.8 Å². The standard InChI is InChI=1S/C16H19FN4.HI/c1-2-18-16(21-12-14-8-5-6-10-19-14)20-11-13-7-3-4-9-15(13)17;/h3-10H,2,11-12H2,1H3,(H2,18,20,21);1H. The van der Waals surface area contributed by atoms with E-state index < -0.39 is 0 Å². The summed E-state index contributed by atoms with van der Waals surface area (Å²) in [6.07, 6.45) is 1.75. The van der Waals surface area contributed by atoms with Crippen molar-refractivity contribution in [2.45, 2.75) is 20.0 Å². The number of halogens is 2. The van der Waals surface area contributed by atoms with Gasteiger partial charge < -0.3 is 10.6 Å². The maximum Gasteiger partial charge on any atom is 0.191 e. The number of pyridine rings is 1. The highest BCUT2D eigenvalue weighted by Crippen LogP contribution is 2.07. The summed E-state index contributed by atoms with van der Waals surface area (Å²) >= 11 is 0. The van der Waals surface area contributed by atoms with Crippen LogP contribution in [0.5, 0.6) is 0 Å². The van der Waals surface area contributed by atoms with Crippen LogP contribution in [0.25, 0.3) is 0 Å². The van der Waals surface area contributed by atoms with Gasteiger partial charge in [-0.05, 0) is 25.1 Å². The van der Waals surface area contributed by atoms with Gasteiger partial charge in [-0.2, -0.15) is 0 Å². The minimum atomic E-state index is -0.234. The van der Waals surface area contributed by atoms with Crippen molar-refractivity contribution in [3.63, 3.8) is 0 Å². The lowest BCUT2D eigenvalue weighted by molar-refractivity contribution is 0.610. The highest BCUT2D eigenvalue weighted by atomic mass is 127. The van der Waals surface area contributed by atoms with Gasteiger partial charge >= 0.3 is 0 Å². The van der Waals surface area contributed by atoms with Crippen molar-refractivity contribution in [1.82, 2.24) is 15.6 Å². The Labute approximate surface area is 147 Å². The van der Waals surface area contributed by atoms with Crippen LogP contribution < -0.4 is 10.6 Å². The van der Waals surface area contributed by atoms with Crippen LogP contribution in [-0.2, 0) is 13.1 Å². The van der Waals surface area contributed by atoms with Crippen LogP contribution in [0.2, 0.25) is 0 Å². The molecule has 1 heterocycles. The molecule has 0 radical (unpaired) electrons. The molecule has 118 valence electrons. The molecule has 2 aromatic rings. The number of nitrogens with one attached hydrogen (secondary N) is 2. The molecule has 22 heavy (non-hydrogen) atoms. The van der Waals surface area contributed by atoms with Gasteiger partial charge in [0.25, 0.3) is 0 Å². The van der Waals surface area contributed by atoms with E-state index in [1.54, 1.807) is 18.3 Å². The van der Waals surface area contributed by atoms with Crippen molar-refractivity contribution in [3.05, 3.63) is 65.7 Å². The molecule has 0 amide bonds. The fraction of sp³-hybridized carbons (Fsp3) is 0.250. The lowest BCUT2D eigenvalue weighted by Crippen LogP contribution is -2.37. The van der Waals surface area contributed by atoms with Crippen molar-refractivity contribution >= 4 is 29.9 Å². The number of aliphatic imine (C=N–C) groups is 1. The first-order valence-electron chi connectivity index (χ1n) is 6.95. The van der Waals surface area contributed by atoms with E-state index >= 15 is 0 Å². The average Bonchev–Trinajstić information content (AvgIpc) is 2.52. The smallest absolute Gasteiger partial charge is 0.191 e. The minimum absolute atomic E-state index is 0. The van der Waals surface area contributed by atoms with Gasteiger partial charge in [0, 0.05) is 18.3 Å². The number of nitrogens with zero attached hydrogens (tertiary/aromatic N) is 2. The summed E-state index contributed by atoms with van der Waals surface area (Å²) in [4.78, 5) is 8.62. The maximum absolute atomic E-state index is 13.6. The molecule has 1 aromatic carbocycles. The summed E-state index contributed by atoms with van der Waals surface area (Å²) in [5, 5.41) is 6.31. The van der Waals surface area contributed by atoms with Crippen molar-refractivity contribution in [2.24, 2.45) is 4.99 Å². The van der Waals surface area contributed by atoms with Gasteiger partial charge in [-0.3, -0.25) is 4.98 Å². The molecule has 0 unspecified atom stereocenters. The Kier molecular flexibility index (Phi) is 8.42. The first-order chi connectivity index (χ1) is 10.3. The molecular weight excluding hydrogens is 394 g/mol. The molecule has 0 aliphatic rings. The van der Waals surface area contributed by atoms with Gasteiger partial charge in [-0.25, -0.2) is 9.38 Å². The zero-order chi connectivity index (χ0) is 14.9. The van der Waals surface area contributed by atoms with E-state index in [4.69, 9.17) is 0 Å². The van der Waals surface area contributed by atoms with Crippen LogP contribution in [0, 0.1) is 5.82 Å². The fourth-order valence-corrected chi connectivity index (χ4v) is 1.81. The van der Waals surface area contributed by atoms with Crippen LogP contribution >= 0.6 is 24.0 Å². The Balaban J connectivity index is 0.00000242. The van der Waals surface area contributed by atoms with Gasteiger partial charge in [0.15, 0.2) is 5.96 Å². The minimum Gasteiger partial charge on any atom is -0.357 e. The average molecular weight is 414 g/mol. The maximum atomic E-state index is 13.6. The molecule has 2 N–H and O–H groups in total. The Morgan fingerprint density at radius 3 is 2.59 bits per heavy atom. The second-order valence-corrected chi connectivity index (χ2v) is 4.46. The molecule has 0 aliphatic heterocycles. The van der Waals surface area contributed by atoms with E-state index in [9.17, 15) is 4.39 Å². The van der Waals surface area contributed by atoms with Gasteiger partial charge in [0.05, 0.1) is 18.8 Å². The molecule has 0 atom stereocenters. The fourth-order valence-electron chi connectivity index (χ4n) is 1.81. The number of hydrogen-bond donors (Lipinski definition) is 2. The molecule has 0 aliphatic carbocycles. The number of rotatable bonds is 5. The Bertz CT molecular complexity index is 590. The lowest BCUT2D eigenvalue weighted by Gasteiger charge is -2.11. The first kappa shape index (κ1) is 18.3. The number of benzene rings is 1. The Hall–Kier alpha value is -1.70. The summed E-state index contributed by atoms with van der Waals surface area (Å²) in [6, 6.07) is 12.4. The Morgan fingerprint density at radius 2 is 1.91 bits per heavy atom. The SMILES string of the molecule is CCNC(=NCc1ccccc1F)NCc1ccccn1.I. The van der Waals surface area contributed by atoms with E-state index in [2.05, 4.69) is 20.6 Å². The summed E-state index contributed by atoms with van der Waals surface area (Å²) < 4.78 is 13.6. The molecule has 1 aromatic heterocycles. The van der Waals surface area contributed by atoms with Crippen molar-refractivity contribution in [3.8, 4) is 0 Å². The largest absolute Gasteiger partial charge is 0.357 e. The molecule has 0 fully saturated rings. The highest BCUT2D eigenvalue weighted by Gasteiger charge is 2.02. The topological polar surface area (TPSA) is 49.3 Å². The lowest BCUT2D eigenvalue weighted by atomic mass is 10.2. The van der Waals surface area contributed by atoms with E-state index in [0.29, 0.717) is 24.6 Å². The third kappa shape index (κ3) is 5.97.